The number of hydrogen-bond acceptors (Lipinski definition) is 6. The van der Waals surface area contributed by atoms with Crippen molar-refractivity contribution in [1.29, 1.82) is 0 Å². The topological polar surface area (TPSA) is 121 Å². The number of ether oxygens (including phenoxy) is 1. The largest absolute Gasteiger partial charge is 0.493 e. The van der Waals surface area contributed by atoms with E-state index >= 15 is 0 Å². The lowest BCUT2D eigenvalue weighted by molar-refractivity contribution is 0.0953. The molecule has 0 fully saturated rings. The minimum Gasteiger partial charge on any atom is -0.493 e. The molecule has 0 saturated heterocycles. The van der Waals surface area contributed by atoms with Gasteiger partial charge in [-0.15, -0.1) is 0 Å². The molecular weight excluding hydrogens is 468 g/mol. The number of aryl methyl sites for hydroxylation is 1. The Hall–Kier alpha value is -2.72. The second kappa shape index (κ2) is 13.4. The molecule has 0 radical (unpaired) electrons. The molecule has 0 aliphatic rings. The highest BCUT2D eigenvalue weighted by Crippen LogP contribution is 2.29. The number of rotatable bonds is 14. The Morgan fingerprint density at radius 3 is 2.43 bits per heavy atom. The van der Waals surface area contributed by atoms with Gasteiger partial charge in [-0.1, -0.05) is 34.6 Å². The van der Waals surface area contributed by atoms with Crippen molar-refractivity contribution in [3.8, 4) is 17.1 Å². The summed E-state index contributed by atoms with van der Waals surface area (Å²) in [5, 5.41) is 2.78. The van der Waals surface area contributed by atoms with E-state index in [0.29, 0.717) is 67.2 Å². The van der Waals surface area contributed by atoms with Gasteiger partial charge in [-0.2, -0.15) is 0 Å². The average molecular weight is 507 g/mol. The van der Waals surface area contributed by atoms with Crippen molar-refractivity contribution in [1.82, 2.24) is 19.6 Å². The van der Waals surface area contributed by atoms with E-state index in [1.165, 1.54) is 4.31 Å². The molecule has 1 heterocycles. The number of amides is 1. The number of nitrogens with one attached hydrogen (secondary N) is 2. The summed E-state index contributed by atoms with van der Waals surface area (Å²) in [6, 6.07) is 5.00. The van der Waals surface area contributed by atoms with E-state index < -0.39 is 10.0 Å². The summed E-state index contributed by atoms with van der Waals surface area (Å²) in [6.45, 7) is 11.0. The van der Waals surface area contributed by atoms with Crippen LogP contribution in [0.15, 0.2) is 23.0 Å². The first kappa shape index (κ1) is 28.5. The zero-order valence-corrected chi connectivity index (χ0v) is 22.3. The van der Waals surface area contributed by atoms with Crippen LogP contribution in [0, 0.1) is 0 Å². The van der Waals surface area contributed by atoms with E-state index in [1.54, 1.807) is 32.0 Å². The van der Waals surface area contributed by atoms with Gasteiger partial charge >= 0.3 is 0 Å². The third-order valence-electron chi connectivity index (χ3n) is 5.71. The highest BCUT2D eigenvalue weighted by molar-refractivity contribution is 7.89. The Labute approximate surface area is 208 Å². The summed E-state index contributed by atoms with van der Waals surface area (Å²) in [7, 11) is -3.34. The Bertz CT molecular complexity index is 1160. The molecule has 0 aliphatic carbocycles. The molecule has 2 rings (SSSR count). The quantitative estimate of drug-likeness (QED) is 0.380. The smallest absolute Gasteiger partial charge is 0.254 e. The standard InChI is InChI=1S/C25H38N4O5S/c1-6-15-34-22-13-12-18(24(30)26-14-11-16-35(32,33)29(9-4)10-5)17-20(22)23-27-21(8-3)19(7-2)25(31)28-23/h12-13,17H,6-11,14-16H2,1-5H3,(H,26,30)(H,27,28,31). The molecule has 0 unspecified atom stereocenters. The van der Waals surface area contributed by atoms with Crippen molar-refractivity contribution in [2.75, 3.05) is 32.0 Å². The van der Waals surface area contributed by atoms with E-state index in [9.17, 15) is 18.0 Å². The summed E-state index contributed by atoms with van der Waals surface area (Å²) in [6.07, 6.45) is 2.30. The van der Waals surface area contributed by atoms with Crippen molar-refractivity contribution in [2.24, 2.45) is 0 Å². The normalized spacial score (nSPS) is 11.6. The molecule has 2 aromatic rings. The summed E-state index contributed by atoms with van der Waals surface area (Å²) in [5.41, 5.74) is 2.08. The number of H-pyrrole nitrogens is 1. The van der Waals surface area contributed by atoms with Gasteiger partial charge in [0.05, 0.1) is 23.6 Å². The number of nitrogens with zero attached hydrogens (tertiary/aromatic N) is 2. The first-order valence-electron chi connectivity index (χ1n) is 12.4. The predicted octanol–water partition coefficient (Wildman–Crippen LogP) is 3.14. The van der Waals surface area contributed by atoms with Crippen LogP contribution in [-0.2, 0) is 22.9 Å². The van der Waals surface area contributed by atoms with Gasteiger partial charge in [0, 0.05) is 30.8 Å². The van der Waals surface area contributed by atoms with E-state index in [-0.39, 0.29) is 23.8 Å². The molecular formula is C25H38N4O5S. The maximum atomic E-state index is 12.8. The number of carbonyl (C=O) groups is 1. The molecule has 1 amide bonds. The van der Waals surface area contributed by atoms with Crippen LogP contribution in [0.3, 0.4) is 0 Å². The minimum atomic E-state index is -3.34. The van der Waals surface area contributed by atoms with Crippen molar-refractivity contribution < 1.29 is 17.9 Å². The summed E-state index contributed by atoms with van der Waals surface area (Å²) in [5.74, 6) is 0.522. The van der Waals surface area contributed by atoms with Gasteiger partial charge in [-0.05, 0) is 43.9 Å². The highest BCUT2D eigenvalue weighted by Gasteiger charge is 2.19. The van der Waals surface area contributed by atoms with Gasteiger partial charge in [0.15, 0.2) is 0 Å². The molecule has 2 N–H and O–H groups in total. The third-order valence-corrected chi connectivity index (χ3v) is 7.82. The van der Waals surface area contributed by atoms with Gasteiger partial charge < -0.3 is 15.0 Å². The monoisotopic (exact) mass is 506 g/mol. The Morgan fingerprint density at radius 2 is 1.83 bits per heavy atom. The number of hydrogen-bond donors (Lipinski definition) is 2. The number of carbonyl (C=O) groups excluding carboxylic acids is 1. The molecule has 0 atom stereocenters. The summed E-state index contributed by atoms with van der Waals surface area (Å²) >= 11 is 0. The van der Waals surface area contributed by atoms with Crippen molar-refractivity contribution in [2.45, 2.75) is 60.3 Å². The zero-order chi connectivity index (χ0) is 26.0. The second-order valence-corrected chi connectivity index (χ2v) is 10.2. The van der Waals surface area contributed by atoms with Crippen LogP contribution < -0.4 is 15.6 Å². The maximum absolute atomic E-state index is 12.8. The molecule has 0 aliphatic heterocycles. The Morgan fingerprint density at radius 1 is 1.11 bits per heavy atom. The number of sulfonamides is 1. The van der Waals surface area contributed by atoms with E-state index in [1.807, 2.05) is 20.8 Å². The fourth-order valence-corrected chi connectivity index (χ4v) is 5.38. The highest BCUT2D eigenvalue weighted by atomic mass is 32.2. The number of benzene rings is 1. The van der Waals surface area contributed by atoms with Crippen LogP contribution in [0.4, 0.5) is 0 Å². The van der Waals surface area contributed by atoms with Crippen molar-refractivity contribution in [3.05, 3.63) is 45.4 Å². The van der Waals surface area contributed by atoms with E-state index in [2.05, 4.69) is 15.3 Å². The van der Waals surface area contributed by atoms with Crippen LogP contribution in [0.2, 0.25) is 0 Å². The fraction of sp³-hybridized carbons (Fsp3) is 0.560. The number of aromatic amines is 1. The van der Waals surface area contributed by atoms with Crippen LogP contribution >= 0.6 is 0 Å². The lowest BCUT2D eigenvalue weighted by atomic mass is 10.1. The van der Waals surface area contributed by atoms with Crippen LogP contribution in [-0.4, -0.2) is 60.6 Å². The van der Waals surface area contributed by atoms with Gasteiger partial charge in [0.25, 0.3) is 11.5 Å². The maximum Gasteiger partial charge on any atom is 0.254 e. The SMILES string of the molecule is CCCOc1ccc(C(=O)NCCCS(=O)(=O)N(CC)CC)cc1-c1nc(CC)c(CC)c(=O)[nH]1. The third kappa shape index (κ3) is 7.38. The number of aromatic nitrogens is 2. The summed E-state index contributed by atoms with van der Waals surface area (Å²) in [4.78, 5) is 33.0. The van der Waals surface area contributed by atoms with E-state index in [0.717, 1.165) is 12.1 Å². The average Bonchev–Trinajstić information content (AvgIpc) is 2.85. The fourth-order valence-electron chi connectivity index (χ4n) is 3.83. The molecule has 0 saturated carbocycles. The molecule has 35 heavy (non-hydrogen) atoms. The van der Waals surface area contributed by atoms with Crippen LogP contribution in [0.25, 0.3) is 11.4 Å². The molecule has 194 valence electrons. The molecule has 9 nitrogen and oxygen atoms in total. The van der Waals surface area contributed by atoms with Crippen LogP contribution in [0.1, 0.15) is 69.1 Å². The molecule has 10 heteroatoms. The van der Waals surface area contributed by atoms with Crippen LogP contribution in [0.5, 0.6) is 5.75 Å². The van der Waals surface area contributed by atoms with Gasteiger partial charge in [0.2, 0.25) is 10.0 Å². The van der Waals surface area contributed by atoms with Gasteiger partial charge in [-0.25, -0.2) is 17.7 Å². The first-order valence-corrected chi connectivity index (χ1v) is 14.0. The van der Waals surface area contributed by atoms with Gasteiger partial charge in [-0.3, -0.25) is 9.59 Å². The molecule has 1 aromatic heterocycles. The Kier molecular flexibility index (Phi) is 10.9. The zero-order valence-electron chi connectivity index (χ0n) is 21.4. The Balaban J connectivity index is 2.26. The molecule has 0 bridgehead atoms. The molecule has 0 spiro atoms. The van der Waals surface area contributed by atoms with Crippen molar-refractivity contribution in [3.63, 3.8) is 0 Å². The summed E-state index contributed by atoms with van der Waals surface area (Å²) < 4.78 is 31.9. The lowest BCUT2D eigenvalue weighted by Gasteiger charge is -2.18. The van der Waals surface area contributed by atoms with E-state index in [4.69, 9.17) is 4.74 Å². The second-order valence-electron chi connectivity index (χ2n) is 8.12. The van der Waals surface area contributed by atoms with Gasteiger partial charge in [0.1, 0.15) is 11.6 Å². The molecule has 1 aromatic carbocycles. The lowest BCUT2D eigenvalue weighted by Crippen LogP contribution is -2.34. The minimum absolute atomic E-state index is 0.0290. The van der Waals surface area contributed by atoms with Crippen molar-refractivity contribution >= 4 is 15.9 Å². The first-order chi connectivity index (χ1) is 16.7. The predicted molar refractivity (Wildman–Crippen MR) is 138 cm³/mol.